The Hall–Kier alpha value is -1.98. The first kappa shape index (κ1) is 12.1. The van der Waals surface area contributed by atoms with Gasteiger partial charge in [-0.15, -0.1) is 0 Å². The predicted molar refractivity (Wildman–Crippen MR) is 67.4 cm³/mol. The Kier molecular flexibility index (Phi) is 2.73. The highest BCUT2D eigenvalue weighted by Gasteiger charge is 2.50. The summed E-state index contributed by atoms with van der Waals surface area (Å²) in [5.41, 5.74) is 0.843. The monoisotopic (exact) mass is 257 g/mol. The Balaban J connectivity index is 2.06. The highest BCUT2D eigenvalue weighted by Crippen LogP contribution is 2.45. The fraction of sp³-hybridized carbons (Fsp3) is 0.385. The van der Waals surface area contributed by atoms with Gasteiger partial charge in [0.1, 0.15) is 11.8 Å². The Morgan fingerprint density at radius 2 is 2.11 bits per heavy atom. The molecule has 96 valence electrons. The molecule has 5 nitrogen and oxygen atoms in total. The maximum absolute atomic E-state index is 11.5. The van der Waals surface area contributed by atoms with Crippen LogP contribution in [-0.4, -0.2) is 48.8 Å². The largest absolute Gasteiger partial charge is 0.493 e. The number of hydrogen-bond donors (Lipinski definition) is 1. The standard InChI is InChI=1S/C13H12BNO4/c14-13(18)15-5-7-6-19-9-4-2-1-3-8(9)10(7)11(15)12(16)17/h1-4,7,10-11H,5-6H2,(H,16,17)/t7-,10-,11+/m1/s1. The summed E-state index contributed by atoms with van der Waals surface area (Å²) < 4.78 is 5.62. The number of nitrogens with zero attached hydrogens (tertiary/aromatic N) is 1. The van der Waals surface area contributed by atoms with Crippen molar-refractivity contribution in [2.75, 3.05) is 13.2 Å². The summed E-state index contributed by atoms with van der Waals surface area (Å²) >= 11 is 0. The number of carbonyl (C=O) groups is 2. The summed E-state index contributed by atoms with van der Waals surface area (Å²) in [6.07, 6.45) is 0. The summed E-state index contributed by atoms with van der Waals surface area (Å²) in [5.74, 6) is -1.30. The van der Waals surface area contributed by atoms with Crippen molar-refractivity contribution in [3.05, 3.63) is 29.8 Å². The lowest BCUT2D eigenvalue weighted by Crippen LogP contribution is -2.42. The van der Waals surface area contributed by atoms with Crippen molar-refractivity contribution < 1.29 is 19.4 Å². The number of ether oxygens (including phenoxy) is 1. The van der Waals surface area contributed by atoms with Crippen LogP contribution in [0.15, 0.2) is 24.3 Å². The Labute approximate surface area is 111 Å². The van der Waals surface area contributed by atoms with Crippen molar-refractivity contribution in [1.82, 2.24) is 4.90 Å². The second-order valence-corrected chi connectivity index (χ2v) is 4.91. The molecule has 19 heavy (non-hydrogen) atoms. The van der Waals surface area contributed by atoms with Gasteiger partial charge in [-0.3, -0.25) is 4.79 Å². The van der Waals surface area contributed by atoms with Crippen molar-refractivity contribution >= 4 is 19.6 Å². The third-order valence-electron chi connectivity index (χ3n) is 3.88. The van der Waals surface area contributed by atoms with E-state index in [0.717, 1.165) is 5.56 Å². The molecular formula is C13H12BNO4. The normalized spacial score (nSPS) is 28.2. The SMILES string of the molecule is [B]C(=O)N1C[C@@H]2COc3ccccc3[C@@H]2[C@H]1C(=O)O. The van der Waals surface area contributed by atoms with Crippen LogP contribution in [0.5, 0.6) is 5.75 Å². The number of para-hydroxylation sites is 1. The molecular weight excluding hydrogens is 245 g/mol. The van der Waals surface area contributed by atoms with Gasteiger partial charge in [0.05, 0.1) is 6.61 Å². The number of carboxylic acid groups (broad SMARTS) is 1. The van der Waals surface area contributed by atoms with Gasteiger partial charge in [-0.1, -0.05) is 18.2 Å². The third kappa shape index (κ3) is 1.78. The first-order valence-corrected chi connectivity index (χ1v) is 6.10. The molecule has 0 saturated carbocycles. The summed E-state index contributed by atoms with van der Waals surface area (Å²) in [5, 5.41) is 9.41. The average Bonchev–Trinajstić information content (AvgIpc) is 2.78. The van der Waals surface area contributed by atoms with Crippen molar-refractivity contribution in [3.8, 4) is 5.75 Å². The molecule has 3 rings (SSSR count). The van der Waals surface area contributed by atoms with E-state index < -0.39 is 17.8 Å². The first-order valence-electron chi connectivity index (χ1n) is 6.10. The van der Waals surface area contributed by atoms with Gasteiger partial charge in [0.15, 0.2) is 5.81 Å². The van der Waals surface area contributed by atoms with Crippen LogP contribution in [0.3, 0.4) is 0 Å². The van der Waals surface area contributed by atoms with Crippen LogP contribution < -0.4 is 4.74 Å². The molecule has 1 fully saturated rings. The number of hydrogen-bond acceptors (Lipinski definition) is 3. The second kappa shape index (κ2) is 4.29. The van der Waals surface area contributed by atoms with Crippen LogP contribution in [-0.2, 0) is 4.79 Å². The number of likely N-dealkylation sites (tertiary alicyclic amines) is 1. The molecule has 0 aromatic heterocycles. The van der Waals surface area contributed by atoms with Crippen molar-refractivity contribution in [2.24, 2.45) is 5.92 Å². The molecule has 3 atom stereocenters. The van der Waals surface area contributed by atoms with Crippen LogP contribution in [0.2, 0.25) is 0 Å². The molecule has 1 aromatic carbocycles. The van der Waals surface area contributed by atoms with E-state index in [1.165, 1.54) is 4.90 Å². The van der Waals surface area contributed by atoms with E-state index in [4.69, 9.17) is 12.6 Å². The minimum Gasteiger partial charge on any atom is -0.493 e. The molecule has 2 heterocycles. The van der Waals surface area contributed by atoms with E-state index in [1.807, 2.05) is 24.3 Å². The van der Waals surface area contributed by atoms with E-state index in [9.17, 15) is 14.7 Å². The zero-order valence-electron chi connectivity index (χ0n) is 10.2. The highest BCUT2D eigenvalue weighted by atomic mass is 16.5. The van der Waals surface area contributed by atoms with Gasteiger partial charge in [-0.05, 0) is 6.07 Å². The van der Waals surface area contributed by atoms with Gasteiger partial charge in [0.2, 0.25) is 7.85 Å². The Morgan fingerprint density at radius 3 is 2.79 bits per heavy atom. The van der Waals surface area contributed by atoms with Gasteiger partial charge >= 0.3 is 5.97 Å². The first-order chi connectivity index (χ1) is 9.09. The minimum atomic E-state index is -1.02. The lowest BCUT2D eigenvalue weighted by Gasteiger charge is -2.30. The second-order valence-electron chi connectivity index (χ2n) is 4.91. The minimum absolute atomic E-state index is 0.0245. The molecule has 1 saturated heterocycles. The smallest absolute Gasteiger partial charge is 0.327 e. The maximum atomic E-state index is 11.5. The van der Waals surface area contributed by atoms with Crippen LogP contribution in [0.25, 0.3) is 0 Å². The summed E-state index contributed by atoms with van der Waals surface area (Å²) in [6.45, 7) is 0.737. The molecule has 0 spiro atoms. The van der Waals surface area contributed by atoms with E-state index in [1.54, 1.807) is 0 Å². The van der Waals surface area contributed by atoms with Crippen molar-refractivity contribution in [2.45, 2.75) is 12.0 Å². The molecule has 0 unspecified atom stereocenters. The zero-order valence-corrected chi connectivity index (χ0v) is 10.2. The average molecular weight is 257 g/mol. The lowest BCUT2D eigenvalue weighted by molar-refractivity contribution is -0.141. The highest BCUT2D eigenvalue weighted by molar-refractivity contribution is 6.57. The van der Waals surface area contributed by atoms with E-state index in [0.29, 0.717) is 18.9 Å². The number of benzene rings is 1. The van der Waals surface area contributed by atoms with Gasteiger partial charge in [0, 0.05) is 23.9 Å². The van der Waals surface area contributed by atoms with Crippen LogP contribution in [0.1, 0.15) is 11.5 Å². The lowest BCUT2D eigenvalue weighted by atomic mass is 9.82. The Morgan fingerprint density at radius 1 is 1.37 bits per heavy atom. The van der Waals surface area contributed by atoms with Gasteiger partial charge < -0.3 is 14.7 Å². The quantitative estimate of drug-likeness (QED) is 0.757. The molecule has 0 bridgehead atoms. The van der Waals surface area contributed by atoms with E-state index in [-0.39, 0.29) is 11.8 Å². The molecule has 6 heteroatoms. The van der Waals surface area contributed by atoms with Crippen molar-refractivity contribution in [3.63, 3.8) is 0 Å². The summed E-state index contributed by atoms with van der Waals surface area (Å²) in [7, 11) is 5.28. The van der Waals surface area contributed by atoms with Crippen LogP contribution >= 0.6 is 0 Å². The Bertz CT molecular complexity index is 547. The van der Waals surface area contributed by atoms with Gasteiger partial charge in [0.25, 0.3) is 0 Å². The zero-order chi connectivity index (χ0) is 13.6. The van der Waals surface area contributed by atoms with Crippen molar-refractivity contribution in [1.29, 1.82) is 0 Å². The molecule has 0 aliphatic carbocycles. The predicted octanol–water partition coefficient (Wildman–Crippen LogP) is 0.836. The summed E-state index contributed by atoms with van der Waals surface area (Å²) in [6, 6.07) is 6.45. The molecule has 1 N–H and O–H groups in total. The molecule has 1 aromatic rings. The fourth-order valence-electron chi connectivity index (χ4n) is 3.11. The molecule has 2 aliphatic rings. The number of carbonyl (C=O) groups excluding carboxylic acids is 1. The molecule has 1 amide bonds. The molecule has 2 radical (unpaired) electrons. The van der Waals surface area contributed by atoms with Crippen LogP contribution in [0, 0.1) is 5.92 Å². The van der Waals surface area contributed by atoms with Gasteiger partial charge in [-0.2, -0.15) is 0 Å². The number of fused-ring (bicyclic) bond motifs is 3. The fourth-order valence-corrected chi connectivity index (χ4v) is 3.11. The number of amides is 1. The van der Waals surface area contributed by atoms with Crippen LogP contribution in [0.4, 0.5) is 4.79 Å². The number of carboxylic acids is 1. The summed E-state index contributed by atoms with van der Waals surface area (Å²) in [4.78, 5) is 24.1. The molecule has 2 aliphatic heterocycles. The topological polar surface area (TPSA) is 66.8 Å². The van der Waals surface area contributed by atoms with Gasteiger partial charge in [-0.25, -0.2) is 4.79 Å². The maximum Gasteiger partial charge on any atom is 0.327 e. The van der Waals surface area contributed by atoms with E-state index >= 15 is 0 Å². The van der Waals surface area contributed by atoms with E-state index in [2.05, 4.69) is 0 Å². The number of rotatable bonds is 1. The third-order valence-corrected chi connectivity index (χ3v) is 3.88. The number of aliphatic carboxylic acids is 1.